The van der Waals surface area contributed by atoms with Gasteiger partial charge in [-0.2, -0.15) is 13.2 Å². The Morgan fingerprint density at radius 3 is 2.62 bits per heavy atom. The summed E-state index contributed by atoms with van der Waals surface area (Å²) in [7, 11) is 1.47. The summed E-state index contributed by atoms with van der Waals surface area (Å²) < 4.78 is 39.6. The molecule has 1 heterocycles. The number of carbonyl (C=O) groups is 1. The molecule has 5 nitrogen and oxygen atoms in total. The molecule has 0 bridgehead atoms. The Bertz CT molecular complexity index is 1040. The molecule has 152 valence electrons. The van der Waals surface area contributed by atoms with Gasteiger partial charge in [0.05, 0.1) is 10.7 Å². The molecular weight excluding hydrogens is 403 g/mol. The number of amides is 1. The second kappa shape index (κ2) is 8.20. The summed E-state index contributed by atoms with van der Waals surface area (Å²) in [4.78, 5) is 20.5. The molecule has 0 aliphatic heterocycles. The molecule has 0 atom stereocenters. The standard InChI is InChI=1S/C20H18F3N3O2S/c1-11-10-13(26-28-3)8-9-14(11)15-6-4-5-7-16(15)25-19(27)17-18(20(21,22)23)24-12(2)29-17/h4-9H,10H2,1-3H3,(H,25,27). The summed E-state index contributed by atoms with van der Waals surface area (Å²) in [5.74, 6) is -0.838. The second-order valence-corrected chi connectivity index (χ2v) is 7.58. The van der Waals surface area contributed by atoms with Gasteiger partial charge in [-0.3, -0.25) is 4.79 Å². The van der Waals surface area contributed by atoms with Crippen LogP contribution in [0.1, 0.15) is 39.3 Å². The topological polar surface area (TPSA) is 63.6 Å². The maximum atomic E-state index is 13.2. The number of alkyl halides is 3. The number of hydrogen-bond donors (Lipinski definition) is 1. The smallest absolute Gasteiger partial charge is 0.399 e. The zero-order valence-electron chi connectivity index (χ0n) is 15.9. The van der Waals surface area contributed by atoms with Crippen LogP contribution in [0, 0.1) is 6.92 Å². The number of nitrogens with zero attached hydrogens (tertiary/aromatic N) is 2. The van der Waals surface area contributed by atoms with E-state index < -0.39 is 22.7 Å². The lowest BCUT2D eigenvalue weighted by Gasteiger charge is -2.17. The number of allylic oxidation sites excluding steroid dienone is 4. The largest absolute Gasteiger partial charge is 0.435 e. The van der Waals surface area contributed by atoms with E-state index in [-0.39, 0.29) is 5.01 Å². The number of anilines is 1. The first-order chi connectivity index (χ1) is 13.7. The zero-order valence-corrected chi connectivity index (χ0v) is 16.7. The molecule has 1 aliphatic carbocycles. The van der Waals surface area contributed by atoms with Gasteiger partial charge in [0, 0.05) is 17.7 Å². The van der Waals surface area contributed by atoms with Crippen molar-refractivity contribution in [1.29, 1.82) is 0 Å². The first-order valence-electron chi connectivity index (χ1n) is 8.64. The third-order valence-electron chi connectivity index (χ3n) is 4.23. The molecule has 29 heavy (non-hydrogen) atoms. The fourth-order valence-electron chi connectivity index (χ4n) is 3.03. The van der Waals surface area contributed by atoms with Crippen molar-refractivity contribution < 1.29 is 22.8 Å². The zero-order chi connectivity index (χ0) is 21.2. The molecule has 1 aromatic carbocycles. The Balaban J connectivity index is 1.94. The fourth-order valence-corrected chi connectivity index (χ4v) is 3.86. The first-order valence-corrected chi connectivity index (χ1v) is 9.45. The van der Waals surface area contributed by atoms with E-state index in [1.54, 1.807) is 30.3 Å². The van der Waals surface area contributed by atoms with Gasteiger partial charge in [0.1, 0.15) is 12.0 Å². The normalized spacial score (nSPS) is 15.7. The fraction of sp³-hybridized carbons (Fsp3) is 0.250. The van der Waals surface area contributed by atoms with E-state index in [9.17, 15) is 18.0 Å². The number of thiazole rings is 1. The molecule has 0 spiro atoms. The van der Waals surface area contributed by atoms with Crippen LogP contribution in [0.5, 0.6) is 0 Å². The van der Waals surface area contributed by atoms with Crippen molar-refractivity contribution in [3.8, 4) is 0 Å². The van der Waals surface area contributed by atoms with E-state index in [4.69, 9.17) is 4.84 Å². The predicted octanol–water partition coefficient (Wildman–Crippen LogP) is 5.46. The molecule has 1 aliphatic rings. The summed E-state index contributed by atoms with van der Waals surface area (Å²) in [5, 5.41) is 6.71. The van der Waals surface area contributed by atoms with Crippen molar-refractivity contribution in [2.75, 3.05) is 12.4 Å². The maximum Gasteiger partial charge on any atom is 0.435 e. The summed E-state index contributed by atoms with van der Waals surface area (Å²) in [6, 6.07) is 6.97. The van der Waals surface area contributed by atoms with Gasteiger partial charge in [-0.1, -0.05) is 35.0 Å². The van der Waals surface area contributed by atoms with Crippen LogP contribution in [-0.2, 0) is 11.0 Å². The lowest BCUT2D eigenvalue weighted by Crippen LogP contribution is -2.18. The molecule has 0 unspecified atom stereocenters. The van der Waals surface area contributed by atoms with Crippen molar-refractivity contribution in [1.82, 2.24) is 4.98 Å². The van der Waals surface area contributed by atoms with Gasteiger partial charge < -0.3 is 10.2 Å². The highest BCUT2D eigenvalue weighted by Crippen LogP contribution is 2.36. The number of carbonyl (C=O) groups excluding carboxylic acids is 1. The molecule has 0 saturated carbocycles. The lowest BCUT2D eigenvalue weighted by atomic mass is 9.91. The predicted molar refractivity (Wildman–Crippen MR) is 107 cm³/mol. The highest BCUT2D eigenvalue weighted by atomic mass is 32.1. The van der Waals surface area contributed by atoms with Crippen molar-refractivity contribution in [3.63, 3.8) is 0 Å². The third-order valence-corrected chi connectivity index (χ3v) is 5.20. The summed E-state index contributed by atoms with van der Waals surface area (Å²) in [6.45, 7) is 3.36. The van der Waals surface area contributed by atoms with Gasteiger partial charge in [-0.05, 0) is 31.6 Å². The van der Waals surface area contributed by atoms with Crippen LogP contribution in [0.25, 0.3) is 5.57 Å². The summed E-state index contributed by atoms with van der Waals surface area (Å²) >= 11 is 0.718. The van der Waals surface area contributed by atoms with Crippen LogP contribution < -0.4 is 5.32 Å². The Morgan fingerprint density at radius 1 is 1.24 bits per heavy atom. The van der Waals surface area contributed by atoms with E-state index in [1.165, 1.54) is 14.0 Å². The Hall–Kier alpha value is -2.94. The monoisotopic (exact) mass is 421 g/mol. The van der Waals surface area contributed by atoms with Gasteiger partial charge in [0.15, 0.2) is 5.69 Å². The van der Waals surface area contributed by atoms with E-state index >= 15 is 0 Å². The highest BCUT2D eigenvalue weighted by Gasteiger charge is 2.39. The van der Waals surface area contributed by atoms with Crippen molar-refractivity contribution in [2.24, 2.45) is 5.16 Å². The minimum atomic E-state index is -4.70. The molecule has 0 fully saturated rings. The minimum Gasteiger partial charge on any atom is -0.399 e. The third kappa shape index (κ3) is 4.56. The lowest BCUT2D eigenvalue weighted by molar-refractivity contribution is -0.141. The molecular formula is C20H18F3N3O2S. The molecule has 1 N–H and O–H groups in total. The van der Waals surface area contributed by atoms with Gasteiger partial charge >= 0.3 is 6.18 Å². The van der Waals surface area contributed by atoms with Crippen LogP contribution in [0.15, 0.2) is 47.1 Å². The number of benzene rings is 1. The van der Waals surface area contributed by atoms with E-state index in [0.717, 1.165) is 28.2 Å². The number of para-hydroxylation sites is 1. The van der Waals surface area contributed by atoms with E-state index in [1.807, 2.05) is 13.0 Å². The van der Waals surface area contributed by atoms with Gasteiger partial charge in [-0.15, -0.1) is 11.3 Å². The van der Waals surface area contributed by atoms with Crippen molar-refractivity contribution >= 4 is 34.2 Å². The quantitative estimate of drug-likeness (QED) is 0.667. The number of aryl methyl sites for hydroxylation is 1. The number of hydrogen-bond acceptors (Lipinski definition) is 5. The molecule has 2 aromatic rings. The average Bonchev–Trinajstić information content (AvgIpc) is 3.05. The Labute approximate surface area is 169 Å². The number of aromatic nitrogens is 1. The molecule has 3 rings (SSSR count). The van der Waals surface area contributed by atoms with Crippen LogP contribution in [-0.4, -0.2) is 23.7 Å². The molecule has 1 amide bonds. The molecule has 0 saturated heterocycles. The number of rotatable bonds is 4. The second-order valence-electron chi connectivity index (χ2n) is 6.38. The first kappa shape index (κ1) is 20.8. The summed E-state index contributed by atoms with van der Waals surface area (Å²) in [6.07, 6.45) is -0.480. The number of halogens is 3. The van der Waals surface area contributed by atoms with E-state index in [2.05, 4.69) is 15.5 Å². The van der Waals surface area contributed by atoms with Crippen LogP contribution in [0.2, 0.25) is 0 Å². The van der Waals surface area contributed by atoms with E-state index in [0.29, 0.717) is 17.7 Å². The van der Waals surface area contributed by atoms with Crippen molar-refractivity contribution in [3.05, 3.63) is 63.1 Å². The Morgan fingerprint density at radius 2 is 1.97 bits per heavy atom. The van der Waals surface area contributed by atoms with Crippen LogP contribution in [0.3, 0.4) is 0 Å². The Kier molecular flexibility index (Phi) is 5.88. The maximum absolute atomic E-state index is 13.2. The van der Waals surface area contributed by atoms with Gasteiger partial charge in [-0.25, -0.2) is 4.98 Å². The van der Waals surface area contributed by atoms with Gasteiger partial charge in [0.2, 0.25) is 0 Å². The average molecular weight is 421 g/mol. The summed E-state index contributed by atoms with van der Waals surface area (Å²) in [5.41, 5.74) is 2.58. The molecule has 9 heteroatoms. The number of nitrogens with one attached hydrogen (secondary N) is 1. The minimum absolute atomic E-state index is 0.175. The number of oxime groups is 1. The molecule has 0 radical (unpaired) electrons. The van der Waals surface area contributed by atoms with Crippen LogP contribution >= 0.6 is 11.3 Å². The SMILES string of the molecule is CON=C1C=CC(c2ccccc2NC(=O)c2sc(C)nc2C(F)(F)F)=C(C)C1. The van der Waals surface area contributed by atoms with Crippen molar-refractivity contribution in [2.45, 2.75) is 26.4 Å². The highest BCUT2D eigenvalue weighted by molar-refractivity contribution is 7.13. The van der Waals surface area contributed by atoms with Gasteiger partial charge in [0.25, 0.3) is 5.91 Å². The van der Waals surface area contributed by atoms with Crippen LogP contribution in [0.4, 0.5) is 18.9 Å². The molecule has 1 aromatic heterocycles.